The maximum atomic E-state index is 12.9. The van der Waals surface area contributed by atoms with Crippen molar-refractivity contribution >= 4 is 11.6 Å². The summed E-state index contributed by atoms with van der Waals surface area (Å²) in [6.45, 7) is 1.79. The van der Waals surface area contributed by atoms with Gasteiger partial charge < -0.3 is 5.11 Å². The number of hydrogen-bond acceptors (Lipinski definition) is 3. The highest BCUT2D eigenvalue weighted by Gasteiger charge is 2.22. The number of phenols is 1. The van der Waals surface area contributed by atoms with Crippen molar-refractivity contribution in [2.24, 2.45) is 5.10 Å². The second-order valence-corrected chi connectivity index (χ2v) is 5.98. The van der Waals surface area contributed by atoms with Gasteiger partial charge in [-0.15, -0.1) is 0 Å². The third-order valence-electron chi connectivity index (χ3n) is 4.13. The maximum absolute atomic E-state index is 12.9. The fraction of sp³-hybridized carbons (Fsp3) is 0.0909. The first-order valence-corrected chi connectivity index (χ1v) is 8.38. The third kappa shape index (κ3) is 4.16. The van der Waals surface area contributed by atoms with Crippen molar-refractivity contribution in [2.75, 3.05) is 0 Å². The number of hydrazone groups is 1. The average molecular weight is 344 g/mol. The van der Waals surface area contributed by atoms with Gasteiger partial charge in [-0.2, -0.15) is 5.10 Å². The predicted molar refractivity (Wildman–Crippen MR) is 103 cm³/mol. The Morgan fingerprint density at radius 3 is 2.00 bits per heavy atom. The molecule has 4 nitrogen and oxygen atoms in total. The van der Waals surface area contributed by atoms with Crippen LogP contribution in [0, 0.1) is 0 Å². The molecule has 1 amide bonds. The number of aromatic hydroxyl groups is 1. The Kier molecular flexibility index (Phi) is 5.44. The molecule has 0 aliphatic carbocycles. The van der Waals surface area contributed by atoms with Crippen molar-refractivity contribution in [3.63, 3.8) is 0 Å². The van der Waals surface area contributed by atoms with Gasteiger partial charge >= 0.3 is 0 Å². The van der Waals surface area contributed by atoms with E-state index >= 15 is 0 Å². The Bertz CT molecular complexity index is 866. The van der Waals surface area contributed by atoms with E-state index in [-0.39, 0.29) is 11.7 Å². The van der Waals surface area contributed by atoms with E-state index in [0.717, 1.165) is 16.7 Å². The number of nitrogens with one attached hydrogen (secondary N) is 1. The number of hydrogen-bond donors (Lipinski definition) is 2. The van der Waals surface area contributed by atoms with Gasteiger partial charge in [0.25, 0.3) is 5.91 Å². The molecule has 3 aromatic rings. The van der Waals surface area contributed by atoms with Crippen LogP contribution < -0.4 is 5.43 Å². The van der Waals surface area contributed by atoms with Crippen LogP contribution in [0.25, 0.3) is 0 Å². The molecule has 2 N–H and O–H groups in total. The monoisotopic (exact) mass is 344 g/mol. The van der Waals surface area contributed by atoms with E-state index in [9.17, 15) is 9.90 Å². The summed E-state index contributed by atoms with van der Waals surface area (Å²) in [5, 5.41) is 13.8. The van der Waals surface area contributed by atoms with Crippen LogP contribution in [0.2, 0.25) is 0 Å². The summed E-state index contributed by atoms with van der Waals surface area (Å²) in [4.78, 5) is 12.9. The van der Waals surface area contributed by atoms with Gasteiger partial charge in [-0.25, -0.2) is 5.43 Å². The molecule has 0 unspecified atom stereocenters. The topological polar surface area (TPSA) is 61.7 Å². The normalized spacial score (nSPS) is 11.4. The van der Waals surface area contributed by atoms with E-state index in [4.69, 9.17) is 0 Å². The van der Waals surface area contributed by atoms with Crippen LogP contribution >= 0.6 is 0 Å². The number of rotatable bonds is 5. The maximum Gasteiger partial charge on any atom is 0.252 e. The van der Waals surface area contributed by atoms with Crippen LogP contribution in [0.4, 0.5) is 0 Å². The van der Waals surface area contributed by atoms with Crippen molar-refractivity contribution in [2.45, 2.75) is 12.8 Å². The smallest absolute Gasteiger partial charge is 0.252 e. The van der Waals surface area contributed by atoms with Gasteiger partial charge in [0.2, 0.25) is 0 Å². The van der Waals surface area contributed by atoms with Gasteiger partial charge in [-0.05, 0) is 30.2 Å². The lowest BCUT2D eigenvalue weighted by Crippen LogP contribution is -2.27. The summed E-state index contributed by atoms with van der Waals surface area (Å²) in [5.74, 6) is -0.491. The lowest BCUT2D eigenvalue weighted by molar-refractivity contribution is -0.121. The molecule has 3 aromatic carbocycles. The molecule has 0 radical (unpaired) electrons. The molecule has 0 aromatic heterocycles. The van der Waals surface area contributed by atoms with E-state index in [0.29, 0.717) is 5.71 Å². The summed E-state index contributed by atoms with van der Waals surface area (Å²) in [6.07, 6.45) is 0. The SMILES string of the molecule is C/C(=N/NC(=O)C(c1ccccc1)c1ccccc1)c1cccc(O)c1. The molecule has 0 heterocycles. The van der Waals surface area contributed by atoms with Crippen molar-refractivity contribution in [1.82, 2.24) is 5.43 Å². The number of phenolic OH excluding ortho intramolecular Hbond substituents is 1. The van der Waals surface area contributed by atoms with E-state index in [1.807, 2.05) is 66.7 Å². The highest BCUT2D eigenvalue weighted by molar-refractivity contribution is 6.00. The fourth-order valence-corrected chi connectivity index (χ4v) is 2.79. The Labute approximate surface area is 152 Å². The zero-order chi connectivity index (χ0) is 18.4. The Balaban J connectivity index is 1.86. The second kappa shape index (κ2) is 8.12. The van der Waals surface area contributed by atoms with Gasteiger partial charge in [0.05, 0.1) is 11.6 Å². The lowest BCUT2D eigenvalue weighted by atomic mass is 9.91. The Hall–Kier alpha value is -3.40. The summed E-state index contributed by atoms with van der Waals surface area (Å²) in [7, 11) is 0. The van der Waals surface area contributed by atoms with E-state index < -0.39 is 5.92 Å². The van der Waals surface area contributed by atoms with Gasteiger partial charge in [-0.1, -0.05) is 72.8 Å². The van der Waals surface area contributed by atoms with Crippen molar-refractivity contribution < 1.29 is 9.90 Å². The van der Waals surface area contributed by atoms with Crippen LogP contribution in [-0.4, -0.2) is 16.7 Å². The van der Waals surface area contributed by atoms with E-state index in [1.54, 1.807) is 25.1 Å². The van der Waals surface area contributed by atoms with Crippen LogP contribution in [-0.2, 0) is 4.79 Å². The molecule has 4 heteroatoms. The van der Waals surface area contributed by atoms with Crippen molar-refractivity contribution in [1.29, 1.82) is 0 Å². The van der Waals surface area contributed by atoms with Crippen LogP contribution in [0.3, 0.4) is 0 Å². The molecule has 130 valence electrons. The highest BCUT2D eigenvalue weighted by Crippen LogP contribution is 2.24. The minimum absolute atomic E-state index is 0.162. The van der Waals surface area contributed by atoms with Crippen LogP contribution in [0.5, 0.6) is 5.75 Å². The summed E-state index contributed by atoms with van der Waals surface area (Å²) < 4.78 is 0. The van der Waals surface area contributed by atoms with Gasteiger partial charge in [0, 0.05) is 5.56 Å². The van der Waals surface area contributed by atoms with Gasteiger partial charge in [0.1, 0.15) is 5.75 Å². The molecule has 26 heavy (non-hydrogen) atoms. The minimum Gasteiger partial charge on any atom is -0.508 e. The minimum atomic E-state index is -0.446. The summed E-state index contributed by atoms with van der Waals surface area (Å²) in [5.41, 5.74) is 5.84. The zero-order valence-electron chi connectivity index (χ0n) is 14.5. The molecule has 0 bridgehead atoms. The lowest BCUT2D eigenvalue weighted by Gasteiger charge is -2.16. The molecular formula is C22H20N2O2. The van der Waals surface area contributed by atoms with Gasteiger partial charge in [-0.3, -0.25) is 4.79 Å². The third-order valence-corrected chi connectivity index (χ3v) is 4.13. The predicted octanol–water partition coefficient (Wildman–Crippen LogP) is 4.06. The quantitative estimate of drug-likeness (QED) is 0.541. The van der Waals surface area contributed by atoms with Crippen LogP contribution in [0.15, 0.2) is 90.0 Å². The van der Waals surface area contributed by atoms with E-state index in [1.165, 1.54) is 0 Å². The van der Waals surface area contributed by atoms with Crippen molar-refractivity contribution in [3.05, 3.63) is 102 Å². The van der Waals surface area contributed by atoms with Crippen molar-refractivity contribution in [3.8, 4) is 5.75 Å². The van der Waals surface area contributed by atoms with Gasteiger partial charge in [0.15, 0.2) is 0 Å². The first kappa shape index (κ1) is 17.4. The summed E-state index contributed by atoms with van der Waals surface area (Å²) in [6, 6.07) is 26.0. The number of carbonyl (C=O) groups excluding carboxylic acids is 1. The molecule has 0 aliphatic heterocycles. The number of carbonyl (C=O) groups is 1. The Morgan fingerprint density at radius 1 is 0.885 bits per heavy atom. The molecule has 0 aliphatic rings. The first-order chi connectivity index (χ1) is 12.6. The highest BCUT2D eigenvalue weighted by atomic mass is 16.3. The molecule has 0 saturated heterocycles. The molecule has 0 saturated carbocycles. The zero-order valence-corrected chi connectivity index (χ0v) is 14.5. The standard InChI is InChI=1S/C22H20N2O2/c1-16(19-13-8-14-20(25)15-19)23-24-22(26)21(17-9-4-2-5-10-17)18-11-6-3-7-12-18/h2-15,21,25H,1H3,(H,24,26)/b23-16-. The molecular weight excluding hydrogens is 324 g/mol. The van der Waals surface area contributed by atoms with Crippen LogP contribution in [0.1, 0.15) is 29.5 Å². The van der Waals surface area contributed by atoms with E-state index in [2.05, 4.69) is 10.5 Å². The molecule has 3 rings (SSSR count). The molecule has 0 atom stereocenters. The first-order valence-electron chi connectivity index (χ1n) is 8.38. The fourth-order valence-electron chi connectivity index (χ4n) is 2.79. The number of benzene rings is 3. The molecule has 0 spiro atoms. The molecule has 0 fully saturated rings. The summed E-state index contributed by atoms with van der Waals surface area (Å²) >= 11 is 0. The second-order valence-electron chi connectivity index (χ2n) is 5.98. The Morgan fingerprint density at radius 2 is 1.46 bits per heavy atom. The number of nitrogens with zero attached hydrogens (tertiary/aromatic N) is 1. The number of amides is 1. The largest absolute Gasteiger partial charge is 0.508 e. The average Bonchev–Trinajstić information content (AvgIpc) is 2.68.